The number of halogens is 1. The summed E-state index contributed by atoms with van der Waals surface area (Å²) in [6.07, 6.45) is 4.24. The molecule has 4 atom stereocenters. The van der Waals surface area contributed by atoms with Crippen molar-refractivity contribution in [3.05, 3.63) is 34.9 Å². The fraction of sp³-hybridized carbons (Fsp3) is 0.625. The SMILES string of the molecule is CC(N)C(c1ccc(Cl)cc1)N1CC2CCCC2C1. The third-order valence-corrected chi connectivity index (χ3v) is 5.11. The largest absolute Gasteiger partial charge is 0.326 e. The summed E-state index contributed by atoms with van der Waals surface area (Å²) in [4.78, 5) is 2.60. The minimum Gasteiger partial charge on any atom is -0.326 e. The third-order valence-electron chi connectivity index (χ3n) is 4.86. The van der Waals surface area contributed by atoms with Crippen LogP contribution >= 0.6 is 11.6 Å². The van der Waals surface area contributed by atoms with E-state index in [1.165, 1.54) is 37.9 Å². The van der Waals surface area contributed by atoms with E-state index in [1.54, 1.807) is 0 Å². The van der Waals surface area contributed by atoms with E-state index in [4.69, 9.17) is 17.3 Å². The Kier molecular flexibility index (Phi) is 3.84. The highest BCUT2D eigenvalue weighted by atomic mass is 35.5. The van der Waals surface area contributed by atoms with Gasteiger partial charge in [-0.3, -0.25) is 4.90 Å². The van der Waals surface area contributed by atoms with Crippen LogP contribution in [0.25, 0.3) is 0 Å². The summed E-state index contributed by atoms with van der Waals surface area (Å²) in [5.74, 6) is 1.82. The highest BCUT2D eigenvalue weighted by molar-refractivity contribution is 6.30. The van der Waals surface area contributed by atoms with E-state index in [-0.39, 0.29) is 6.04 Å². The maximum atomic E-state index is 6.26. The van der Waals surface area contributed by atoms with Crippen molar-refractivity contribution < 1.29 is 0 Å². The number of fused-ring (bicyclic) bond motifs is 1. The predicted octanol–water partition coefficient (Wildman–Crippen LogP) is 3.46. The van der Waals surface area contributed by atoms with Crippen molar-refractivity contribution in [2.45, 2.75) is 38.3 Å². The fourth-order valence-electron chi connectivity index (χ4n) is 4.01. The molecular weight excluding hydrogens is 256 g/mol. The third kappa shape index (κ3) is 2.67. The average Bonchev–Trinajstić information content (AvgIpc) is 2.92. The Labute approximate surface area is 120 Å². The smallest absolute Gasteiger partial charge is 0.0496 e. The van der Waals surface area contributed by atoms with Gasteiger partial charge in [0.2, 0.25) is 0 Å². The summed E-state index contributed by atoms with van der Waals surface area (Å²) in [7, 11) is 0. The monoisotopic (exact) mass is 278 g/mol. The van der Waals surface area contributed by atoms with E-state index in [0.717, 1.165) is 16.9 Å². The van der Waals surface area contributed by atoms with Crippen LogP contribution in [0.3, 0.4) is 0 Å². The number of hydrogen-bond acceptors (Lipinski definition) is 2. The molecule has 104 valence electrons. The minimum absolute atomic E-state index is 0.153. The Morgan fingerprint density at radius 2 is 1.74 bits per heavy atom. The quantitative estimate of drug-likeness (QED) is 0.917. The number of hydrogen-bond donors (Lipinski definition) is 1. The van der Waals surface area contributed by atoms with Gasteiger partial charge in [-0.1, -0.05) is 30.2 Å². The first-order valence-electron chi connectivity index (χ1n) is 7.40. The molecular formula is C16H23ClN2. The molecule has 3 heteroatoms. The maximum absolute atomic E-state index is 6.26. The molecule has 1 heterocycles. The first-order valence-corrected chi connectivity index (χ1v) is 7.78. The highest BCUT2D eigenvalue weighted by Gasteiger charge is 2.39. The molecule has 2 fully saturated rings. The van der Waals surface area contributed by atoms with Gasteiger partial charge in [0.15, 0.2) is 0 Å². The van der Waals surface area contributed by atoms with Gasteiger partial charge < -0.3 is 5.73 Å². The Morgan fingerprint density at radius 1 is 1.16 bits per heavy atom. The van der Waals surface area contributed by atoms with Gasteiger partial charge in [0.25, 0.3) is 0 Å². The molecule has 2 N–H and O–H groups in total. The van der Waals surface area contributed by atoms with Gasteiger partial charge >= 0.3 is 0 Å². The van der Waals surface area contributed by atoms with Crippen LogP contribution in [0.4, 0.5) is 0 Å². The molecule has 19 heavy (non-hydrogen) atoms. The summed E-state index contributed by atoms with van der Waals surface area (Å²) in [5, 5.41) is 0.797. The minimum atomic E-state index is 0.153. The lowest BCUT2D eigenvalue weighted by Crippen LogP contribution is -2.38. The number of rotatable bonds is 3. The standard InChI is InChI=1S/C16H23ClN2/c1-11(18)16(12-5-7-15(17)8-6-12)19-9-13-3-2-4-14(13)10-19/h5-8,11,13-14,16H,2-4,9-10,18H2,1H3. The lowest BCUT2D eigenvalue weighted by molar-refractivity contribution is 0.203. The van der Waals surface area contributed by atoms with Crippen molar-refractivity contribution in [2.24, 2.45) is 17.6 Å². The summed E-state index contributed by atoms with van der Waals surface area (Å²) < 4.78 is 0. The maximum Gasteiger partial charge on any atom is 0.0496 e. The second-order valence-electron chi connectivity index (χ2n) is 6.26. The second kappa shape index (κ2) is 5.43. The highest BCUT2D eigenvalue weighted by Crippen LogP contribution is 2.41. The van der Waals surface area contributed by atoms with E-state index in [0.29, 0.717) is 6.04 Å². The molecule has 1 aromatic carbocycles. The zero-order valence-electron chi connectivity index (χ0n) is 11.6. The molecule has 2 aliphatic rings. The van der Waals surface area contributed by atoms with E-state index in [1.807, 2.05) is 12.1 Å². The molecule has 0 spiro atoms. The predicted molar refractivity (Wildman–Crippen MR) is 80.2 cm³/mol. The lowest BCUT2D eigenvalue weighted by atomic mass is 9.99. The van der Waals surface area contributed by atoms with Gasteiger partial charge in [0.05, 0.1) is 0 Å². The molecule has 4 unspecified atom stereocenters. The van der Waals surface area contributed by atoms with Gasteiger partial charge in [0.1, 0.15) is 0 Å². The molecule has 1 aliphatic carbocycles. The molecule has 3 rings (SSSR count). The van der Waals surface area contributed by atoms with Crippen LogP contribution in [-0.2, 0) is 0 Å². The zero-order valence-corrected chi connectivity index (χ0v) is 12.3. The number of nitrogens with zero attached hydrogens (tertiary/aromatic N) is 1. The number of benzene rings is 1. The van der Waals surface area contributed by atoms with Crippen LogP contribution in [-0.4, -0.2) is 24.0 Å². The van der Waals surface area contributed by atoms with Crippen molar-refractivity contribution in [3.63, 3.8) is 0 Å². The fourth-order valence-corrected chi connectivity index (χ4v) is 4.13. The summed E-state index contributed by atoms with van der Waals surface area (Å²) in [5.41, 5.74) is 7.57. The summed E-state index contributed by atoms with van der Waals surface area (Å²) in [6, 6.07) is 8.70. The van der Waals surface area contributed by atoms with Crippen LogP contribution in [0.1, 0.15) is 37.8 Å². The first kappa shape index (κ1) is 13.4. The molecule has 1 aromatic rings. The van der Waals surface area contributed by atoms with Crippen LogP contribution in [0.15, 0.2) is 24.3 Å². The van der Waals surface area contributed by atoms with E-state index < -0.39 is 0 Å². The molecule has 2 nitrogen and oxygen atoms in total. The van der Waals surface area contributed by atoms with Crippen molar-refractivity contribution in [1.82, 2.24) is 4.90 Å². The number of likely N-dealkylation sites (tertiary alicyclic amines) is 1. The van der Waals surface area contributed by atoms with Crippen LogP contribution in [0.5, 0.6) is 0 Å². The first-order chi connectivity index (χ1) is 9.15. The van der Waals surface area contributed by atoms with Crippen molar-refractivity contribution in [1.29, 1.82) is 0 Å². The van der Waals surface area contributed by atoms with Gasteiger partial charge in [-0.2, -0.15) is 0 Å². The van der Waals surface area contributed by atoms with Gasteiger partial charge in [0, 0.05) is 30.2 Å². The van der Waals surface area contributed by atoms with Crippen molar-refractivity contribution in [2.75, 3.05) is 13.1 Å². The molecule has 1 aliphatic heterocycles. The average molecular weight is 279 g/mol. The van der Waals surface area contributed by atoms with Gasteiger partial charge in [-0.05, 0) is 49.3 Å². The summed E-state index contributed by atoms with van der Waals surface area (Å²) >= 11 is 5.99. The van der Waals surface area contributed by atoms with E-state index in [9.17, 15) is 0 Å². The van der Waals surface area contributed by atoms with Crippen molar-refractivity contribution >= 4 is 11.6 Å². The van der Waals surface area contributed by atoms with E-state index >= 15 is 0 Å². The van der Waals surface area contributed by atoms with Crippen LogP contribution < -0.4 is 5.73 Å². The Balaban J connectivity index is 1.80. The van der Waals surface area contributed by atoms with E-state index in [2.05, 4.69) is 24.0 Å². The van der Waals surface area contributed by atoms with Crippen LogP contribution in [0, 0.1) is 11.8 Å². The topological polar surface area (TPSA) is 29.3 Å². The molecule has 1 saturated heterocycles. The Bertz CT molecular complexity index is 417. The Morgan fingerprint density at radius 3 is 2.26 bits per heavy atom. The van der Waals surface area contributed by atoms with Gasteiger partial charge in [-0.25, -0.2) is 0 Å². The Hall–Kier alpha value is -0.570. The molecule has 0 aromatic heterocycles. The van der Waals surface area contributed by atoms with Gasteiger partial charge in [-0.15, -0.1) is 0 Å². The molecule has 0 amide bonds. The molecule has 1 saturated carbocycles. The molecule has 0 bridgehead atoms. The van der Waals surface area contributed by atoms with Crippen LogP contribution in [0.2, 0.25) is 5.02 Å². The normalized spacial score (nSPS) is 30.3. The zero-order chi connectivity index (χ0) is 13.4. The number of nitrogens with two attached hydrogens (primary N) is 1. The summed E-state index contributed by atoms with van der Waals surface area (Å²) in [6.45, 7) is 4.56. The molecule has 0 radical (unpaired) electrons. The van der Waals surface area contributed by atoms with Crippen molar-refractivity contribution in [3.8, 4) is 0 Å². The lowest BCUT2D eigenvalue weighted by Gasteiger charge is -2.32. The second-order valence-corrected chi connectivity index (χ2v) is 6.70.